The summed E-state index contributed by atoms with van der Waals surface area (Å²) in [4.78, 5) is 4.45. The molecule has 0 atom stereocenters. The number of rotatable bonds is 2. The zero-order valence-electron chi connectivity index (χ0n) is 6.05. The normalized spacial score (nSPS) is 10.3. The number of hydrogen-bond acceptors (Lipinski definition) is 4. The predicted octanol–water partition coefficient (Wildman–Crippen LogP) is 0.682. The van der Waals surface area contributed by atoms with Gasteiger partial charge in [-0.15, -0.1) is 0 Å². The van der Waals surface area contributed by atoms with E-state index in [0.717, 1.165) is 17.0 Å². The van der Waals surface area contributed by atoms with Gasteiger partial charge in [0.25, 0.3) is 0 Å². The maximum absolute atomic E-state index is 4.89. The molecule has 1 rings (SSSR count). The maximum atomic E-state index is 4.89. The van der Waals surface area contributed by atoms with Crippen molar-refractivity contribution in [1.82, 2.24) is 5.16 Å². The number of aryl methyl sites for hydroxylation is 2. The molecule has 4 heteroatoms. The van der Waals surface area contributed by atoms with Crippen LogP contribution in [0.4, 0.5) is 0 Å². The summed E-state index contributed by atoms with van der Waals surface area (Å²) in [6, 6.07) is 0. The van der Waals surface area contributed by atoms with Crippen molar-refractivity contribution in [3.05, 3.63) is 17.0 Å². The average Bonchev–Trinajstić information content (AvgIpc) is 2.20. The third kappa shape index (κ3) is 1.17. The van der Waals surface area contributed by atoms with E-state index in [1.807, 2.05) is 13.8 Å². The van der Waals surface area contributed by atoms with E-state index in [4.69, 9.17) is 10.4 Å². The molecule has 0 saturated carbocycles. The Labute approximate surface area is 58.9 Å². The molecule has 0 aromatic carbocycles. The minimum Gasteiger partial charge on any atom is -0.361 e. The van der Waals surface area contributed by atoms with Crippen molar-refractivity contribution in [3.63, 3.8) is 0 Å². The van der Waals surface area contributed by atoms with Gasteiger partial charge in [-0.2, -0.15) is 0 Å². The molecule has 1 aromatic heterocycles. The highest BCUT2D eigenvalue weighted by atomic mass is 16.6. The zero-order valence-corrected chi connectivity index (χ0v) is 6.05. The molecule has 0 aliphatic rings. The summed E-state index contributed by atoms with van der Waals surface area (Å²) in [6.45, 7) is 4.04. The minimum atomic E-state index is 0.362. The van der Waals surface area contributed by atoms with Crippen LogP contribution < -0.4 is 5.90 Å². The van der Waals surface area contributed by atoms with Crippen LogP contribution in [0.2, 0.25) is 0 Å². The molecule has 0 aliphatic heterocycles. The molecule has 0 radical (unpaired) electrons. The maximum Gasteiger partial charge on any atom is 0.139 e. The molecular formula is C6H10N2O2. The number of hydrogen-bond donors (Lipinski definition) is 1. The van der Waals surface area contributed by atoms with Crippen LogP contribution in [0, 0.1) is 13.8 Å². The van der Waals surface area contributed by atoms with Gasteiger partial charge in [0.2, 0.25) is 0 Å². The van der Waals surface area contributed by atoms with Gasteiger partial charge in [0.15, 0.2) is 0 Å². The standard InChI is InChI=1S/C6H10N2O2/c1-4-6(3-9-7)5(2)10-8-4/h3,7H2,1-2H3. The van der Waals surface area contributed by atoms with Gasteiger partial charge in [-0.1, -0.05) is 5.16 Å². The first-order chi connectivity index (χ1) is 4.75. The first-order valence-corrected chi connectivity index (χ1v) is 2.99. The average molecular weight is 142 g/mol. The highest BCUT2D eigenvalue weighted by Gasteiger charge is 2.07. The summed E-state index contributed by atoms with van der Waals surface area (Å²) in [5.74, 6) is 5.65. The molecule has 0 bridgehead atoms. The largest absolute Gasteiger partial charge is 0.361 e. The molecule has 0 aliphatic carbocycles. The SMILES string of the molecule is Cc1noc(C)c1CON. The van der Waals surface area contributed by atoms with E-state index in [1.165, 1.54) is 0 Å². The van der Waals surface area contributed by atoms with Crippen molar-refractivity contribution in [1.29, 1.82) is 0 Å². The fraction of sp³-hybridized carbons (Fsp3) is 0.500. The highest BCUT2D eigenvalue weighted by Crippen LogP contribution is 2.11. The van der Waals surface area contributed by atoms with Gasteiger partial charge < -0.3 is 4.52 Å². The van der Waals surface area contributed by atoms with Gasteiger partial charge in [-0.05, 0) is 13.8 Å². The summed E-state index contributed by atoms with van der Waals surface area (Å²) in [6.07, 6.45) is 0. The Morgan fingerprint density at radius 3 is 2.70 bits per heavy atom. The smallest absolute Gasteiger partial charge is 0.139 e. The van der Waals surface area contributed by atoms with Gasteiger partial charge in [-0.3, -0.25) is 4.84 Å². The Bertz CT molecular complexity index is 200. The van der Waals surface area contributed by atoms with Crippen molar-refractivity contribution in [3.8, 4) is 0 Å². The number of nitrogens with two attached hydrogens (primary N) is 1. The summed E-state index contributed by atoms with van der Waals surface area (Å²) in [5.41, 5.74) is 1.77. The van der Waals surface area contributed by atoms with Gasteiger partial charge in [0.05, 0.1) is 12.3 Å². The van der Waals surface area contributed by atoms with Crippen molar-refractivity contribution in [2.45, 2.75) is 20.5 Å². The molecule has 0 fully saturated rings. The van der Waals surface area contributed by atoms with E-state index in [1.54, 1.807) is 0 Å². The second kappa shape index (κ2) is 2.81. The fourth-order valence-corrected chi connectivity index (χ4v) is 0.791. The van der Waals surface area contributed by atoms with E-state index in [2.05, 4.69) is 9.99 Å². The first-order valence-electron chi connectivity index (χ1n) is 2.99. The Morgan fingerprint density at radius 2 is 2.30 bits per heavy atom. The Morgan fingerprint density at radius 1 is 1.60 bits per heavy atom. The second-order valence-electron chi connectivity index (χ2n) is 2.11. The lowest BCUT2D eigenvalue weighted by molar-refractivity contribution is 0.122. The van der Waals surface area contributed by atoms with Crippen LogP contribution in [-0.2, 0) is 11.4 Å². The molecule has 0 unspecified atom stereocenters. The van der Waals surface area contributed by atoms with Gasteiger partial charge >= 0.3 is 0 Å². The predicted molar refractivity (Wildman–Crippen MR) is 35.0 cm³/mol. The van der Waals surface area contributed by atoms with Crippen LogP contribution in [0.25, 0.3) is 0 Å². The van der Waals surface area contributed by atoms with Crippen LogP contribution in [0.1, 0.15) is 17.0 Å². The molecule has 10 heavy (non-hydrogen) atoms. The van der Waals surface area contributed by atoms with Crippen molar-refractivity contribution >= 4 is 0 Å². The third-order valence-electron chi connectivity index (χ3n) is 1.41. The highest BCUT2D eigenvalue weighted by molar-refractivity contribution is 5.19. The molecule has 0 spiro atoms. The third-order valence-corrected chi connectivity index (χ3v) is 1.41. The van der Waals surface area contributed by atoms with Crippen molar-refractivity contribution < 1.29 is 9.36 Å². The number of nitrogens with zero attached hydrogens (tertiary/aromatic N) is 1. The monoisotopic (exact) mass is 142 g/mol. The van der Waals surface area contributed by atoms with Crippen LogP contribution in [0.5, 0.6) is 0 Å². The molecular weight excluding hydrogens is 132 g/mol. The lowest BCUT2D eigenvalue weighted by atomic mass is 10.2. The molecule has 0 saturated heterocycles. The van der Waals surface area contributed by atoms with E-state index in [-0.39, 0.29) is 0 Å². The zero-order chi connectivity index (χ0) is 7.56. The molecule has 56 valence electrons. The topological polar surface area (TPSA) is 61.3 Å². The van der Waals surface area contributed by atoms with Crippen LogP contribution in [0.15, 0.2) is 4.52 Å². The quantitative estimate of drug-likeness (QED) is 0.617. The molecule has 2 N–H and O–H groups in total. The lowest BCUT2D eigenvalue weighted by Crippen LogP contribution is -2.00. The number of aromatic nitrogens is 1. The molecule has 4 nitrogen and oxygen atoms in total. The molecule has 1 heterocycles. The van der Waals surface area contributed by atoms with Crippen LogP contribution >= 0.6 is 0 Å². The van der Waals surface area contributed by atoms with E-state index < -0.39 is 0 Å². The molecule has 0 amide bonds. The minimum absolute atomic E-state index is 0.362. The second-order valence-corrected chi connectivity index (χ2v) is 2.11. The van der Waals surface area contributed by atoms with Crippen molar-refractivity contribution in [2.24, 2.45) is 5.90 Å². The van der Waals surface area contributed by atoms with Crippen LogP contribution in [-0.4, -0.2) is 5.16 Å². The molecule has 1 aromatic rings. The van der Waals surface area contributed by atoms with E-state index in [9.17, 15) is 0 Å². The Hall–Kier alpha value is -0.870. The van der Waals surface area contributed by atoms with Gasteiger partial charge in [0, 0.05) is 5.56 Å². The van der Waals surface area contributed by atoms with E-state index >= 15 is 0 Å². The van der Waals surface area contributed by atoms with Gasteiger partial charge in [0.1, 0.15) is 5.76 Å². The fourth-order valence-electron chi connectivity index (χ4n) is 0.791. The van der Waals surface area contributed by atoms with E-state index in [0.29, 0.717) is 6.61 Å². The van der Waals surface area contributed by atoms with Crippen LogP contribution in [0.3, 0.4) is 0 Å². The summed E-state index contributed by atoms with van der Waals surface area (Å²) in [7, 11) is 0. The first kappa shape index (κ1) is 7.24. The lowest BCUT2D eigenvalue weighted by Gasteiger charge is -1.93. The summed E-state index contributed by atoms with van der Waals surface area (Å²) in [5, 5.41) is 3.72. The Kier molecular flexibility index (Phi) is 2.03. The van der Waals surface area contributed by atoms with Crippen molar-refractivity contribution in [2.75, 3.05) is 0 Å². The Balaban J connectivity index is 2.87. The summed E-state index contributed by atoms with van der Waals surface area (Å²) < 4.78 is 4.86. The van der Waals surface area contributed by atoms with Gasteiger partial charge in [-0.25, -0.2) is 5.90 Å². The summed E-state index contributed by atoms with van der Waals surface area (Å²) >= 11 is 0.